The molecule has 1 aliphatic rings. The monoisotopic (exact) mass is 370 g/mol. The van der Waals surface area contributed by atoms with E-state index in [1.54, 1.807) is 25.2 Å². The number of carbonyl (C=O) groups is 2. The minimum absolute atomic E-state index is 0.0363. The number of ether oxygens (including phenoxy) is 1. The van der Waals surface area contributed by atoms with Crippen LogP contribution in [0.5, 0.6) is 5.75 Å². The molecular weight excluding hydrogens is 347 g/mol. The third-order valence-electron chi connectivity index (χ3n) is 4.57. The molecule has 0 unspecified atom stereocenters. The van der Waals surface area contributed by atoms with Gasteiger partial charge in [0, 0.05) is 37.7 Å². The number of hydrogen-bond acceptors (Lipinski definition) is 3. The summed E-state index contributed by atoms with van der Waals surface area (Å²) in [6.45, 7) is 0.674. The molecule has 0 fully saturated rings. The lowest BCUT2D eigenvalue weighted by molar-refractivity contribution is -0.130. The van der Waals surface area contributed by atoms with Gasteiger partial charge >= 0.3 is 0 Å². The molecule has 27 heavy (non-hydrogen) atoms. The van der Waals surface area contributed by atoms with Crippen molar-refractivity contribution in [2.75, 3.05) is 19.0 Å². The third-order valence-corrected chi connectivity index (χ3v) is 4.57. The number of rotatable bonds is 7. The predicted molar refractivity (Wildman–Crippen MR) is 101 cm³/mol. The van der Waals surface area contributed by atoms with E-state index in [2.05, 4.69) is 5.32 Å². The SMILES string of the molecule is CN(Cc1ccccc1F)C(=O)CCCOc1ccc2c(c1)CCC(=O)N2. The molecule has 1 aliphatic heterocycles. The second kappa shape index (κ2) is 8.66. The molecule has 1 N–H and O–H groups in total. The maximum Gasteiger partial charge on any atom is 0.224 e. The molecule has 0 bridgehead atoms. The van der Waals surface area contributed by atoms with E-state index in [4.69, 9.17) is 4.74 Å². The van der Waals surface area contributed by atoms with Crippen LogP contribution in [0, 0.1) is 5.82 Å². The Bertz CT molecular complexity index is 838. The summed E-state index contributed by atoms with van der Waals surface area (Å²) < 4.78 is 19.4. The van der Waals surface area contributed by atoms with Crippen molar-refractivity contribution in [2.24, 2.45) is 0 Å². The summed E-state index contributed by atoms with van der Waals surface area (Å²) in [6.07, 6.45) is 2.11. The van der Waals surface area contributed by atoms with E-state index < -0.39 is 0 Å². The molecule has 0 aliphatic carbocycles. The van der Waals surface area contributed by atoms with E-state index in [9.17, 15) is 14.0 Å². The largest absolute Gasteiger partial charge is 0.494 e. The van der Waals surface area contributed by atoms with Crippen molar-refractivity contribution in [1.82, 2.24) is 4.90 Å². The van der Waals surface area contributed by atoms with Gasteiger partial charge in [0.05, 0.1) is 6.61 Å². The molecule has 0 saturated heterocycles. The topological polar surface area (TPSA) is 58.6 Å². The number of anilines is 1. The van der Waals surface area contributed by atoms with E-state index in [1.807, 2.05) is 18.2 Å². The molecule has 0 saturated carbocycles. The van der Waals surface area contributed by atoms with Crippen LogP contribution in [0.1, 0.15) is 30.4 Å². The first-order valence-corrected chi connectivity index (χ1v) is 9.06. The molecule has 0 atom stereocenters. The lowest BCUT2D eigenvalue weighted by Crippen LogP contribution is -2.26. The van der Waals surface area contributed by atoms with Gasteiger partial charge in [0.25, 0.3) is 0 Å². The molecule has 2 aromatic carbocycles. The molecule has 3 rings (SSSR count). The van der Waals surface area contributed by atoms with E-state index in [-0.39, 0.29) is 24.2 Å². The van der Waals surface area contributed by atoms with Crippen LogP contribution < -0.4 is 10.1 Å². The van der Waals surface area contributed by atoms with Crippen LogP contribution in [0.3, 0.4) is 0 Å². The van der Waals surface area contributed by atoms with Gasteiger partial charge in [-0.15, -0.1) is 0 Å². The molecule has 2 amide bonds. The minimum Gasteiger partial charge on any atom is -0.494 e. The summed E-state index contributed by atoms with van der Waals surface area (Å²) >= 11 is 0. The second-order valence-electron chi connectivity index (χ2n) is 6.66. The Balaban J connectivity index is 1.42. The van der Waals surface area contributed by atoms with Crippen molar-refractivity contribution < 1.29 is 18.7 Å². The number of nitrogens with one attached hydrogen (secondary N) is 1. The summed E-state index contributed by atoms with van der Waals surface area (Å²) in [5.41, 5.74) is 2.40. The first-order valence-electron chi connectivity index (χ1n) is 9.06. The fourth-order valence-electron chi connectivity index (χ4n) is 3.02. The van der Waals surface area contributed by atoms with Gasteiger partial charge in [0.15, 0.2) is 0 Å². The fraction of sp³-hybridized carbons (Fsp3) is 0.333. The lowest BCUT2D eigenvalue weighted by Gasteiger charge is -2.18. The Morgan fingerprint density at radius 2 is 2.04 bits per heavy atom. The summed E-state index contributed by atoms with van der Waals surface area (Å²) in [5, 5.41) is 2.83. The number of fused-ring (bicyclic) bond motifs is 1. The van der Waals surface area contributed by atoms with Crippen molar-refractivity contribution in [3.05, 3.63) is 59.4 Å². The molecule has 0 aromatic heterocycles. The third kappa shape index (κ3) is 5.06. The van der Waals surface area contributed by atoms with Crippen LogP contribution in [-0.2, 0) is 22.6 Å². The van der Waals surface area contributed by atoms with Crippen LogP contribution >= 0.6 is 0 Å². The average molecular weight is 370 g/mol. The van der Waals surface area contributed by atoms with Crippen molar-refractivity contribution in [3.63, 3.8) is 0 Å². The summed E-state index contributed by atoms with van der Waals surface area (Å²) in [4.78, 5) is 25.1. The highest BCUT2D eigenvalue weighted by Gasteiger charge is 2.15. The lowest BCUT2D eigenvalue weighted by atomic mass is 10.0. The van der Waals surface area contributed by atoms with Crippen LogP contribution in [0.15, 0.2) is 42.5 Å². The van der Waals surface area contributed by atoms with Crippen LogP contribution in [-0.4, -0.2) is 30.4 Å². The smallest absolute Gasteiger partial charge is 0.224 e. The zero-order valence-electron chi connectivity index (χ0n) is 15.3. The fourth-order valence-corrected chi connectivity index (χ4v) is 3.02. The maximum atomic E-state index is 13.7. The van der Waals surface area contributed by atoms with Gasteiger partial charge < -0.3 is 15.0 Å². The maximum absolute atomic E-state index is 13.7. The molecular formula is C21H23FN2O3. The number of carbonyl (C=O) groups excluding carboxylic acids is 2. The number of hydrogen-bond donors (Lipinski definition) is 1. The highest BCUT2D eigenvalue weighted by Crippen LogP contribution is 2.26. The predicted octanol–water partition coefficient (Wildman–Crippen LogP) is 3.53. The number of halogens is 1. The summed E-state index contributed by atoms with van der Waals surface area (Å²) in [7, 11) is 1.67. The quantitative estimate of drug-likeness (QED) is 0.759. The van der Waals surface area contributed by atoms with Gasteiger partial charge in [-0.1, -0.05) is 18.2 Å². The van der Waals surface area contributed by atoms with Crippen molar-refractivity contribution >= 4 is 17.5 Å². The van der Waals surface area contributed by atoms with E-state index >= 15 is 0 Å². The number of nitrogens with zero attached hydrogens (tertiary/aromatic N) is 1. The molecule has 2 aromatic rings. The van der Waals surface area contributed by atoms with Crippen molar-refractivity contribution in [2.45, 2.75) is 32.2 Å². The first kappa shape index (κ1) is 18.9. The second-order valence-corrected chi connectivity index (χ2v) is 6.66. The Morgan fingerprint density at radius 1 is 1.22 bits per heavy atom. The van der Waals surface area contributed by atoms with Gasteiger partial charge in [0.1, 0.15) is 11.6 Å². The minimum atomic E-state index is -0.302. The van der Waals surface area contributed by atoms with Gasteiger partial charge in [-0.25, -0.2) is 4.39 Å². The molecule has 0 spiro atoms. The summed E-state index contributed by atoms with van der Waals surface area (Å²) in [5.74, 6) is 0.422. The van der Waals surface area contributed by atoms with Gasteiger partial charge in [-0.3, -0.25) is 9.59 Å². The van der Waals surface area contributed by atoms with E-state index in [0.717, 1.165) is 17.0 Å². The number of amides is 2. The van der Waals surface area contributed by atoms with Crippen molar-refractivity contribution in [1.29, 1.82) is 0 Å². The average Bonchev–Trinajstić information content (AvgIpc) is 2.66. The molecule has 5 nitrogen and oxygen atoms in total. The van der Waals surface area contributed by atoms with Crippen LogP contribution in [0.4, 0.5) is 10.1 Å². The molecule has 1 heterocycles. The highest BCUT2D eigenvalue weighted by molar-refractivity contribution is 5.94. The van der Waals surface area contributed by atoms with E-state index in [1.165, 1.54) is 11.0 Å². The standard InChI is InChI=1S/C21H23FN2O3/c1-24(14-16-5-2-3-6-18(16)22)21(26)7-4-12-27-17-9-10-19-15(13-17)8-11-20(25)23-19/h2-3,5-6,9-10,13H,4,7-8,11-12,14H2,1H3,(H,23,25). The Kier molecular flexibility index (Phi) is 6.06. The van der Waals surface area contributed by atoms with Gasteiger partial charge in [-0.05, 0) is 42.7 Å². The van der Waals surface area contributed by atoms with E-state index in [0.29, 0.717) is 37.9 Å². The highest BCUT2D eigenvalue weighted by atomic mass is 19.1. The molecule has 0 radical (unpaired) electrons. The Hall–Kier alpha value is -2.89. The number of benzene rings is 2. The Labute approximate surface area is 158 Å². The van der Waals surface area contributed by atoms with Gasteiger partial charge in [-0.2, -0.15) is 0 Å². The van der Waals surface area contributed by atoms with Crippen LogP contribution in [0.25, 0.3) is 0 Å². The zero-order valence-corrected chi connectivity index (χ0v) is 15.3. The van der Waals surface area contributed by atoms with Crippen LogP contribution in [0.2, 0.25) is 0 Å². The number of aryl methyl sites for hydroxylation is 1. The normalized spacial score (nSPS) is 12.9. The molecule has 6 heteroatoms. The van der Waals surface area contributed by atoms with Gasteiger partial charge in [0.2, 0.25) is 11.8 Å². The van der Waals surface area contributed by atoms with Crippen molar-refractivity contribution in [3.8, 4) is 5.75 Å². The first-order chi connectivity index (χ1) is 13.0. The Morgan fingerprint density at radius 3 is 2.85 bits per heavy atom. The molecule has 142 valence electrons. The zero-order chi connectivity index (χ0) is 19.2. The summed E-state index contributed by atoms with van der Waals surface area (Å²) in [6, 6.07) is 12.1.